The molecule has 2 unspecified atom stereocenters. The van der Waals surface area contributed by atoms with Crippen molar-refractivity contribution in [2.45, 2.75) is 39.7 Å². The molecule has 0 aliphatic carbocycles. The monoisotopic (exact) mass is 223 g/mol. The molecule has 0 aromatic heterocycles. The second-order valence-corrected chi connectivity index (χ2v) is 5.32. The molecule has 1 N–H and O–H groups in total. The van der Waals surface area contributed by atoms with E-state index in [4.69, 9.17) is 0 Å². The van der Waals surface area contributed by atoms with Crippen LogP contribution in [0.1, 0.15) is 33.6 Å². The second kappa shape index (κ2) is 4.44. The van der Waals surface area contributed by atoms with Gasteiger partial charge in [0.05, 0.1) is 0 Å². The van der Waals surface area contributed by atoms with Gasteiger partial charge in [-0.3, -0.25) is 10.2 Å². The molecule has 0 radical (unpaired) electrons. The van der Waals surface area contributed by atoms with Gasteiger partial charge in [0.15, 0.2) is 0 Å². The van der Waals surface area contributed by atoms with Gasteiger partial charge in [0, 0.05) is 25.2 Å². The van der Waals surface area contributed by atoms with E-state index in [9.17, 15) is 4.79 Å². The molecule has 1 fully saturated rings. The number of hydrazone groups is 1. The highest BCUT2D eigenvalue weighted by atomic mass is 16.2. The third-order valence-corrected chi connectivity index (χ3v) is 3.48. The molecular formula is C12H21N3O. The van der Waals surface area contributed by atoms with Crippen molar-refractivity contribution in [3.05, 3.63) is 0 Å². The minimum absolute atomic E-state index is 0.109. The number of likely N-dealkylation sites (tertiary alicyclic amines) is 1. The van der Waals surface area contributed by atoms with Crippen molar-refractivity contribution in [2.24, 2.45) is 16.9 Å². The number of hydrogen-bond acceptors (Lipinski definition) is 3. The van der Waals surface area contributed by atoms with Gasteiger partial charge in [0.1, 0.15) is 6.04 Å². The first kappa shape index (κ1) is 11.4. The highest BCUT2D eigenvalue weighted by Gasteiger charge is 2.32. The molecule has 2 heterocycles. The first-order valence-corrected chi connectivity index (χ1v) is 6.18. The van der Waals surface area contributed by atoms with Crippen LogP contribution in [-0.2, 0) is 4.79 Å². The Bertz CT molecular complexity index is 311. The van der Waals surface area contributed by atoms with E-state index in [0.29, 0.717) is 11.8 Å². The molecule has 0 aromatic carbocycles. The van der Waals surface area contributed by atoms with E-state index in [1.54, 1.807) is 0 Å². The molecule has 2 atom stereocenters. The Morgan fingerprint density at radius 1 is 1.56 bits per heavy atom. The lowest BCUT2D eigenvalue weighted by atomic mass is 10.0. The fourth-order valence-corrected chi connectivity index (χ4v) is 2.32. The Hall–Kier alpha value is -1.06. The van der Waals surface area contributed by atoms with Crippen LogP contribution in [-0.4, -0.2) is 35.7 Å². The molecule has 2 rings (SSSR count). The normalized spacial score (nSPS) is 29.5. The van der Waals surface area contributed by atoms with Crippen LogP contribution in [0.2, 0.25) is 0 Å². The molecule has 4 heteroatoms. The van der Waals surface area contributed by atoms with Crippen molar-refractivity contribution >= 4 is 11.6 Å². The van der Waals surface area contributed by atoms with Crippen molar-refractivity contribution in [2.75, 3.05) is 13.1 Å². The zero-order valence-electron chi connectivity index (χ0n) is 10.4. The van der Waals surface area contributed by atoms with E-state index < -0.39 is 0 Å². The minimum Gasteiger partial charge on any atom is -0.341 e. The van der Waals surface area contributed by atoms with Crippen LogP contribution in [0.4, 0.5) is 0 Å². The van der Waals surface area contributed by atoms with Crippen molar-refractivity contribution in [3.8, 4) is 0 Å². The lowest BCUT2D eigenvalue weighted by molar-refractivity contribution is -0.132. The second-order valence-electron chi connectivity index (χ2n) is 5.32. The topological polar surface area (TPSA) is 44.7 Å². The number of carbonyl (C=O) groups excluding carboxylic acids is 1. The molecule has 4 nitrogen and oxygen atoms in total. The first-order valence-electron chi connectivity index (χ1n) is 6.18. The summed E-state index contributed by atoms with van der Waals surface area (Å²) in [6, 6.07) is -0.109. The quantitative estimate of drug-likeness (QED) is 0.765. The smallest absolute Gasteiger partial charge is 0.247 e. The Labute approximate surface area is 97.1 Å². The van der Waals surface area contributed by atoms with Gasteiger partial charge in [0.25, 0.3) is 0 Å². The minimum atomic E-state index is -0.109. The molecule has 1 saturated heterocycles. The van der Waals surface area contributed by atoms with Crippen LogP contribution in [0, 0.1) is 11.8 Å². The lowest BCUT2D eigenvalue weighted by Crippen LogP contribution is -2.42. The maximum absolute atomic E-state index is 12.2. The number of hydrogen-bond donors (Lipinski definition) is 1. The standard InChI is InChI=1S/C12H21N3O/c1-8(2)10-6-11(14-13-10)12(16)15-5-4-9(3)7-15/h8-9,11,14H,4-7H2,1-3H3. The summed E-state index contributed by atoms with van der Waals surface area (Å²) in [6.45, 7) is 8.26. The summed E-state index contributed by atoms with van der Waals surface area (Å²) < 4.78 is 0. The van der Waals surface area contributed by atoms with Crippen LogP contribution < -0.4 is 5.43 Å². The molecule has 2 aliphatic rings. The Kier molecular flexibility index (Phi) is 3.17. The summed E-state index contributed by atoms with van der Waals surface area (Å²) in [4.78, 5) is 14.1. The molecule has 2 aliphatic heterocycles. The van der Waals surface area contributed by atoms with Crippen molar-refractivity contribution in [1.82, 2.24) is 10.3 Å². The molecule has 0 bridgehead atoms. The Morgan fingerprint density at radius 3 is 2.81 bits per heavy atom. The van der Waals surface area contributed by atoms with Gasteiger partial charge in [-0.15, -0.1) is 0 Å². The third kappa shape index (κ3) is 2.20. The van der Waals surface area contributed by atoms with Gasteiger partial charge in [-0.05, 0) is 18.3 Å². The molecule has 0 aromatic rings. The van der Waals surface area contributed by atoms with Gasteiger partial charge in [-0.2, -0.15) is 5.10 Å². The van der Waals surface area contributed by atoms with E-state index in [1.165, 1.54) is 0 Å². The predicted molar refractivity (Wildman–Crippen MR) is 64.2 cm³/mol. The third-order valence-electron chi connectivity index (χ3n) is 3.48. The van der Waals surface area contributed by atoms with Gasteiger partial charge >= 0.3 is 0 Å². The van der Waals surface area contributed by atoms with E-state index in [2.05, 4.69) is 31.3 Å². The summed E-state index contributed by atoms with van der Waals surface area (Å²) in [5.74, 6) is 1.31. The highest BCUT2D eigenvalue weighted by molar-refractivity contribution is 5.95. The van der Waals surface area contributed by atoms with Crippen LogP contribution in [0.25, 0.3) is 0 Å². The summed E-state index contributed by atoms with van der Waals surface area (Å²) in [5, 5.41) is 4.25. The van der Waals surface area contributed by atoms with Crippen molar-refractivity contribution in [3.63, 3.8) is 0 Å². The summed E-state index contributed by atoms with van der Waals surface area (Å²) >= 11 is 0. The van der Waals surface area contributed by atoms with Crippen LogP contribution in [0.5, 0.6) is 0 Å². The van der Waals surface area contributed by atoms with Crippen LogP contribution in [0.3, 0.4) is 0 Å². The van der Waals surface area contributed by atoms with Gasteiger partial charge in [-0.25, -0.2) is 0 Å². The summed E-state index contributed by atoms with van der Waals surface area (Å²) in [5.41, 5.74) is 4.09. The van der Waals surface area contributed by atoms with Gasteiger partial charge in [-0.1, -0.05) is 20.8 Å². The molecule has 1 amide bonds. The summed E-state index contributed by atoms with van der Waals surface area (Å²) in [7, 11) is 0. The number of rotatable bonds is 2. The SMILES string of the molecule is CC1CCN(C(=O)C2CC(C(C)C)=NN2)C1. The van der Waals surface area contributed by atoms with E-state index in [1.807, 2.05) is 4.90 Å². The Balaban J connectivity index is 1.89. The first-order chi connectivity index (χ1) is 7.58. The fraction of sp³-hybridized carbons (Fsp3) is 0.833. The van der Waals surface area contributed by atoms with Crippen molar-refractivity contribution < 1.29 is 4.79 Å². The van der Waals surface area contributed by atoms with E-state index in [0.717, 1.165) is 31.6 Å². The summed E-state index contributed by atoms with van der Waals surface area (Å²) in [6.07, 6.45) is 1.91. The van der Waals surface area contributed by atoms with E-state index in [-0.39, 0.29) is 11.9 Å². The average Bonchev–Trinajstić information content (AvgIpc) is 2.84. The van der Waals surface area contributed by atoms with Crippen molar-refractivity contribution in [1.29, 1.82) is 0 Å². The maximum atomic E-state index is 12.2. The fourth-order valence-electron chi connectivity index (χ4n) is 2.32. The molecular weight excluding hydrogens is 202 g/mol. The van der Waals surface area contributed by atoms with Gasteiger partial charge < -0.3 is 4.90 Å². The van der Waals surface area contributed by atoms with E-state index >= 15 is 0 Å². The maximum Gasteiger partial charge on any atom is 0.247 e. The number of carbonyl (C=O) groups is 1. The molecule has 16 heavy (non-hydrogen) atoms. The zero-order chi connectivity index (χ0) is 11.7. The lowest BCUT2D eigenvalue weighted by Gasteiger charge is -2.20. The number of nitrogens with one attached hydrogen (secondary N) is 1. The zero-order valence-corrected chi connectivity index (χ0v) is 10.4. The number of amides is 1. The molecule has 0 spiro atoms. The van der Waals surface area contributed by atoms with Crippen LogP contribution in [0.15, 0.2) is 5.10 Å². The largest absolute Gasteiger partial charge is 0.341 e. The van der Waals surface area contributed by atoms with Gasteiger partial charge in [0.2, 0.25) is 5.91 Å². The van der Waals surface area contributed by atoms with Crippen LogP contribution >= 0.6 is 0 Å². The molecule has 90 valence electrons. The highest BCUT2D eigenvalue weighted by Crippen LogP contribution is 2.19. The number of nitrogens with zero attached hydrogens (tertiary/aromatic N) is 2. The molecule has 0 saturated carbocycles. The Morgan fingerprint density at radius 2 is 2.31 bits per heavy atom. The average molecular weight is 223 g/mol. The predicted octanol–water partition coefficient (Wildman–Crippen LogP) is 1.23.